The number of nitrogens with one attached hydrogen (secondary N) is 1. The lowest BCUT2D eigenvalue weighted by Gasteiger charge is -2.13. The first kappa shape index (κ1) is 13.7. The van der Waals surface area contributed by atoms with Crippen LogP contribution in [0, 0.1) is 0 Å². The van der Waals surface area contributed by atoms with E-state index in [0.717, 1.165) is 0 Å². The van der Waals surface area contributed by atoms with Gasteiger partial charge in [-0.2, -0.15) is 11.3 Å². The summed E-state index contributed by atoms with van der Waals surface area (Å²) in [6.07, 6.45) is 0.955. The van der Waals surface area contributed by atoms with Gasteiger partial charge in [-0.3, -0.25) is 14.4 Å². The second kappa shape index (κ2) is 7.03. The van der Waals surface area contributed by atoms with Crippen LogP contribution in [-0.2, 0) is 9.63 Å². The Hall–Kier alpha value is -1.40. The van der Waals surface area contributed by atoms with Gasteiger partial charge in [0.05, 0.1) is 7.11 Å². The van der Waals surface area contributed by atoms with Gasteiger partial charge >= 0.3 is 0 Å². The molecule has 0 aliphatic heterocycles. The normalized spacial score (nSPS) is 10.0. The molecule has 0 fully saturated rings. The zero-order valence-corrected chi connectivity index (χ0v) is 10.8. The maximum Gasteiger partial charge on any atom is 0.252 e. The third kappa shape index (κ3) is 4.54. The smallest absolute Gasteiger partial charge is 0.252 e. The molecule has 2 amide bonds. The van der Waals surface area contributed by atoms with Crippen molar-refractivity contribution >= 4 is 23.2 Å². The molecule has 0 aliphatic rings. The Labute approximate surface area is 104 Å². The Morgan fingerprint density at radius 1 is 1.53 bits per heavy atom. The SMILES string of the molecule is CON(C)C(=O)CCCNC(=O)c1ccsc1. The van der Waals surface area contributed by atoms with Crippen LogP contribution in [0.1, 0.15) is 23.2 Å². The number of rotatable bonds is 6. The van der Waals surface area contributed by atoms with Gasteiger partial charge < -0.3 is 5.32 Å². The number of hydroxylamine groups is 2. The molecule has 0 radical (unpaired) electrons. The van der Waals surface area contributed by atoms with E-state index in [0.29, 0.717) is 24.9 Å². The van der Waals surface area contributed by atoms with Gasteiger partial charge in [0.25, 0.3) is 5.91 Å². The van der Waals surface area contributed by atoms with E-state index in [1.807, 2.05) is 5.38 Å². The van der Waals surface area contributed by atoms with Gasteiger partial charge in [0.2, 0.25) is 5.91 Å². The molecule has 0 bridgehead atoms. The van der Waals surface area contributed by atoms with Gasteiger partial charge in [-0.15, -0.1) is 0 Å². The lowest BCUT2D eigenvalue weighted by molar-refractivity contribution is -0.168. The van der Waals surface area contributed by atoms with E-state index in [-0.39, 0.29) is 11.8 Å². The van der Waals surface area contributed by atoms with Crippen molar-refractivity contribution in [2.45, 2.75) is 12.8 Å². The number of thiophene rings is 1. The summed E-state index contributed by atoms with van der Waals surface area (Å²) in [4.78, 5) is 27.6. The molecule has 1 aromatic rings. The topological polar surface area (TPSA) is 58.6 Å². The minimum atomic E-state index is -0.0997. The number of carbonyl (C=O) groups is 2. The van der Waals surface area contributed by atoms with Crippen LogP contribution in [0.3, 0.4) is 0 Å². The van der Waals surface area contributed by atoms with Crippen molar-refractivity contribution in [1.29, 1.82) is 0 Å². The second-order valence-corrected chi connectivity index (χ2v) is 4.23. The molecule has 0 saturated carbocycles. The van der Waals surface area contributed by atoms with Crippen molar-refractivity contribution in [3.63, 3.8) is 0 Å². The fraction of sp³-hybridized carbons (Fsp3) is 0.455. The molecule has 0 aliphatic carbocycles. The van der Waals surface area contributed by atoms with Crippen molar-refractivity contribution in [2.75, 3.05) is 20.7 Å². The molecular formula is C11H16N2O3S. The van der Waals surface area contributed by atoms with Gasteiger partial charge in [0, 0.05) is 31.0 Å². The van der Waals surface area contributed by atoms with Crippen molar-refractivity contribution < 1.29 is 14.4 Å². The van der Waals surface area contributed by atoms with Crippen molar-refractivity contribution in [1.82, 2.24) is 10.4 Å². The summed E-state index contributed by atoms with van der Waals surface area (Å²) >= 11 is 1.48. The minimum Gasteiger partial charge on any atom is -0.352 e. The maximum atomic E-state index is 11.5. The first-order valence-corrected chi connectivity index (χ1v) is 6.20. The third-order valence-corrected chi connectivity index (χ3v) is 2.94. The fourth-order valence-electron chi connectivity index (χ4n) is 1.20. The molecule has 1 N–H and O–H groups in total. The highest BCUT2D eigenvalue weighted by Gasteiger charge is 2.08. The number of hydrogen-bond acceptors (Lipinski definition) is 4. The summed E-state index contributed by atoms with van der Waals surface area (Å²) in [5.74, 6) is -0.198. The van der Waals surface area contributed by atoms with Gasteiger partial charge in [-0.05, 0) is 17.9 Å². The van der Waals surface area contributed by atoms with Gasteiger partial charge in [0.1, 0.15) is 0 Å². The Kier molecular flexibility index (Phi) is 5.65. The summed E-state index contributed by atoms with van der Waals surface area (Å²) in [7, 11) is 3.00. The van der Waals surface area contributed by atoms with Gasteiger partial charge in [-0.25, -0.2) is 5.06 Å². The molecule has 0 atom stereocenters. The first-order valence-electron chi connectivity index (χ1n) is 5.26. The molecule has 0 aromatic carbocycles. The monoisotopic (exact) mass is 256 g/mol. The lowest BCUT2D eigenvalue weighted by atomic mass is 10.2. The Morgan fingerprint density at radius 3 is 2.88 bits per heavy atom. The molecule has 6 heteroatoms. The molecule has 5 nitrogen and oxygen atoms in total. The summed E-state index contributed by atoms with van der Waals surface area (Å²) in [5.41, 5.74) is 0.662. The average molecular weight is 256 g/mol. The van der Waals surface area contributed by atoms with Crippen molar-refractivity contribution in [3.8, 4) is 0 Å². The predicted octanol–water partition coefficient (Wildman–Crippen LogP) is 1.28. The molecule has 0 unspecified atom stereocenters. The summed E-state index contributed by atoms with van der Waals surface area (Å²) in [6.45, 7) is 0.484. The second-order valence-electron chi connectivity index (χ2n) is 3.45. The molecule has 1 aromatic heterocycles. The third-order valence-electron chi connectivity index (χ3n) is 2.26. The molecule has 1 rings (SSSR count). The Morgan fingerprint density at radius 2 is 2.29 bits per heavy atom. The van der Waals surface area contributed by atoms with Crippen molar-refractivity contribution in [2.24, 2.45) is 0 Å². The van der Waals surface area contributed by atoms with Crippen LogP contribution >= 0.6 is 11.3 Å². The van der Waals surface area contributed by atoms with E-state index in [9.17, 15) is 9.59 Å². The maximum absolute atomic E-state index is 11.5. The average Bonchev–Trinajstić information content (AvgIpc) is 2.86. The van der Waals surface area contributed by atoms with E-state index in [1.165, 1.54) is 23.5 Å². The van der Waals surface area contributed by atoms with Crippen LogP contribution in [0.25, 0.3) is 0 Å². The van der Waals surface area contributed by atoms with Crippen molar-refractivity contribution in [3.05, 3.63) is 22.4 Å². The molecule has 94 valence electrons. The Bertz CT molecular complexity index is 365. The number of nitrogens with zero attached hydrogens (tertiary/aromatic N) is 1. The van der Waals surface area contributed by atoms with E-state index < -0.39 is 0 Å². The number of amides is 2. The molecule has 17 heavy (non-hydrogen) atoms. The predicted molar refractivity (Wildman–Crippen MR) is 65.7 cm³/mol. The largest absolute Gasteiger partial charge is 0.352 e. The van der Waals surface area contributed by atoms with E-state index >= 15 is 0 Å². The highest BCUT2D eigenvalue weighted by molar-refractivity contribution is 7.08. The van der Waals surface area contributed by atoms with Crippen LogP contribution in [0.2, 0.25) is 0 Å². The van der Waals surface area contributed by atoms with Crippen LogP contribution in [0.5, 0.6) is 0 Å². The summed E-state index contributed by atoms with van der Waals surface area (Å²) in [5, 5.41) is 7.58. The van der Waals surface area contributed by atoms with E-state index in [4.69, 9.17) is 4.84 Å². The minimum absolute atomic E-state index is 0.0983. The van der Waals surface area contributed by atoms with Gasteiger partial charge in [-0.1, -0.05) is 0 Å². The Balaban J connectivity index is 2.16. The zero-order chi connectivity index (χ0) is 12.7. The van der Waals surface area contributed by atoms with Crippen LogP contribution in [0.4, 0.5) is 0 Å². The van der Waals surface area contributed by atoms with E-state index in [1.54, 1.807) is 18.5 Å². The number of carbonyl (C=O) groups excluding carboxylic acids is 2. The quantitative estimate of drug-likeness (QED) is 0.616. The standard InChI is InChI=1S/C11H16N2O3S/c1-13(16-2)10(14)4-3-6-12-11(15)9-5-7-17-8-9/h5,7-8H,3-4,6H2,1-2H3,(H,12,15). The molecule has 1 heterocycles. The van der Waals surface area contributed by atoms with Crippen LogP contribution < -0.4 is 5.32 Å². The fourth-order valence-corrected chi connectivity index (χ4v) is 1.83. The van der Waals surface area contributed by atoms with E-state index in [2.05, 4.69) is 5.32 Å². The zero-order valence-electron chi connectivity index (χ0n) is 9.93. The molecule has 0 saturated heterocycles. The van der Waals surface area contributed by atoms with Gasteiger partial charge in [0.15, 0.2) is 0 Å². The summed E-state index contributed by atoms with van der Waals surface area (Å²) < 4.78 is 0. The highest BCUT2D eigenvalue weighted by atomic mass is 32.1. The van der Waals surface area contributed by atoms with Crippen LogP contribution in [-0.4, -0.2) is 37.6 Å². The van der Waals surface area contributed by atoms with Crippen LogP contribution in [0.15, 0.2) is 16.8 Å². The molecule has 0 spiro atoms. The lowest BCUT2D eigenvalue weighted by Crippen LogP contribution is -2.28. The highest BCUT2D eigenvalue weighted by Crippen LogP contribution is 2.05. The number of hydrogen-bond donors (Lipinski definition) is 1. The first-order chi connectivity index (χ1) is 8.15. The molecular weight excluding hydrogens is 240 g/mol. The summed E-state index contributed by atoms with van der Waals surface area (Å²) in [6, 6.07) is 1.77.